The van der Waals surface area contributed by atoms with Crippen LogP contribution in [0.3, 0.4) is 0 Å². The number of piperidine rings is 1. The molecule has 3 nitrogen and oxygen atoms in total. The second kappa shape index (κ2) is 5.80. The molecule has 0 bridgehead atoms. The molecule has 106 valence electrons. The van der Waals surface area contributed by atoms with Crippen LogP contribution in [0.25, 0.3) is 0 Å². The molecule has 2 atom stereocenters. The van der Waals surface area contributed by atoms with Gasteiger partial charge in [-0.3, -0.25) is 0 Å². The SMILES string of the molecule is CCCc1nc(N2CCCC3CCCC32)sc1CO. The van der Waals surface area contributed by atoms with Gasteiger partial charge in [0, 0.05) is 12.6 Å². The van der Waals surface area contributed by atoms with E-state index in [2.05, 4.69) is 11.8 Å². The van der Waals surface area contributed by atoms with Gasteiger partial charge in [0.25, 0.3) is 0 Å². The van der Waals surface area contributed by atoms with Crippen molar-refractivity contribution in [1.29, 1.82) is 0 Å². The number of rotatable bonds is 4. The fourth-order valence-electron chi connectivity index (χ4n) is 3.74. The molecule has 0 amide bonds. The molecule has 0 aromatic carbocycles. The van der Waals surface area contributed by atoms with E-state index in [9.17, 15) is 5.11 Å². The van der Waals surface area contributed by atoms with Gasteiger partial charge in [0.05, 0.1) is 17.2 Å². The molecular weight excluding hydrogens is 256 g/mol. The number of hydrogen-bond donors (Lipinski definition) is 1. The fourth-order valence-corrected chi connectivity index (χ4v) is 4.79. The number of thiazole rings is 1. The number of aliphatic hydroxyl groups is 1. The zero-order chi connectivity index (χ0) is 13.2. The van der Waals surface area contributed by atoms with Gasteiger partial charge in [-0.1, -0.05) is 31.1 Å². The van der Waals surface area contributed by atoms with Crippen molar-refractivity contribution < 1.29 is 5.11 Å². The first kappa shape index (κ1) is 13.4. The standard InChI is InChI=1S/C15H24N2OS/c1-2-5-12-14(10-18)19-15(16-12)17-9-4-7-11-6-3-8-13(11)17/h11,13,18H,2-10H2,1H3. The Morgan fingerprint density at radius 2 is 2.16 bits per heavy atom. The third-order valence-corrected chi connectivity index (χ3v) is 5.76. The van der Waals surface area contributed by atoms with E-state index >= 15 is 0 Å². The number of anilines is 1. The molecule has 2 heterocycles. The molecular formula is C15H24N2OS. The lowest BCUT2D eigenvalue weighted by Gasteiger charge is -2.37. The van der Waals surface area contributed by atoms with Crippen LogP contribution in [0, 0.1) is 5.92 Å². The first-order valence-corrected chi connectivity index (χ1v) is 8.51. The molecule has 2 aliphatic rings. The largest absolute Gasteiger partial charge is 0.391 e. The summed E-state index contributed by atoms with van der Waals surface area (Å²) in [4.78, 5) is 8.47. The number of hydrogen-bond acceptors (Lipinski definition) is 4. The monoisotopic (exact) mass is 280 g/mol. The van der Waals surface area contributed by atoms with Crippen molar-refractivity contribution in [2.75, 3.05) is 11.4 Å². The molecule has 0 radical (unpaired) electrons. The minimum Gasteiger partial charge on any atom is -0.391 e. The lowest BCUT2D eigenvalue weighted by atomic mass is 9.92. The minimum absolute atomic E-state index is 0.148. The highest BCUT2D eigenvalue weighted by Crippen LogP contribution is 2.40. The summed E-state index contributed by atoms with van der Waals surface area (Å²) >= 11 is 1.72. The van der Waals surface area contributed by atoms with E-state index in [1.54, 1.807) is 11.3 Å². The Balaban J connectivity index is 1.84. The van der Waals surface area contributed by atoms with E-state index < -0.39 is 0 Å². The van der Waals surface area contributed by atoms with Gasteiger partial charge in [-0.25, -0.2) is 4.98 Å². The number of aryl methyl sites for hydroxylation is 1. The Morgan fingerprint density at radius 1 is 1.32 bits per heavy atom. The maximum absolute atomic E-state index is 9.50. The first-order valence-electron chi connectivity index (χ1n) is 7.69. The van der Waals surface area contributed by atoms with Crippen molar-refractivity contribution in [2.45, 2.75) is 64.5 Å². The zero-order valence-electron chi connectivity index (χ0n) is 11.8. The molecule has 2 fully saturated rings. The topological polar surface area (TPSA) is 36.4 Å². The maximum Gasteiger partial charge on any atom is 0.186 e. The molecule has 1 N–H and O–H groups in total. The predicted octanol–water partition coefficient (Wildman–Crippen LogP) is 3.36. The van der Waals surface area contributed by atoms with Crippen molar-refractivity contribution in [3.05, 3.63) is 10.6 Å². The lowest BCUT2D eigenvalue weighted by Crippen LogP contribution is -2.42. The van der Waals surface area contributed by atoms with Crippen LogP contribution >= 0.6 is 11.3 Å². The van der Waals surface area contributed by atoms with Gasteiger partial charge in [0.1, 0.15) is 0 Å². The van der Waals surface area contributed by atoms with E-state index in [-0.39, 0.29) is 6.61 Å². The Hall–Kier alpha value is -0.610. The molecule has 1 aliphatic heterocycles. The van der Waals surface area contributed by atoms with Crippen LogP contribution in [0.5, 0.6) is 0 Å². The van der Waals surface area contributed by atoms with Crippen molar-refractivity contribution in [3.63, 3.8) is 0 Å². The van der Waals surface area contributed by atoms with Gasteiger partial charge >= 0.3 is 0 Å². The third kappa shape index (κ3) is 2.52. The van der Waals surface area contributed by atoms with Crippen molar-refractivity contribution in [3.8, 4) is 0 Å². The normalized spacial score (nSPS) is 26.7. The van der Waals surface area contributed by atoms with Gasteiger partial charge in [-0.2, -0.15) is 0 Å². The highest BCUT2D eigenvalue weighted by molar-refractivity contribution is 7.15. The molecule has 1 aliphatic carbocycles. The van der Waals surface area contributed by atoms with Crippen LogP contribution in [0.2, 0.25) is 0 Å². The molecule has 3 rings (SSSR count). The maximum atomic E-state index is 9.50. The van der Waals surface area contributed by atoms with E-state index in [0.717, 1.165) is 41.9 Å². The third-order valence-electron chi connectivity index (χ3n) is 4.64. The molecule has 4 heteroatoms. The van der Waals surface area contributed by atoms with Crippen molar-refractivity contribution in [1.82, 2.24) is 4.98 Å². The summed E-state index contributed by atoms with van der Waals surface area (Å²) in [6.07, 6.45) is 8.92. The number of fused-ring (bicyclic) bond motifs is 1. The van der Waals surface area contributed by atoms with E-state index in [1.807, 2.05) is 0 Å². The minimum atomic E-state index is 0.148. The average Bonchev–Trinajstić information content (AvgIpc) is 3.04. The molecule has 0 spiro atoms. The average molecular weight is 280 g/mol. The Bertz CT molecular complexity index is 432. The summed E-state index contributed by atoms with van der Waals surface area (Å²) in [5.41, 5.74) is 1.13. The zero-order valence-corrected chi connectivity index (χ0v) is 12.6. The summed E-state index contributed by atoms with van der Waals surface area (Å²) < 4.78 is 0. The highest BCUT2D eigenvalue weighted by Gasteiger charge is 2.36. The Kier molecular flexibility index (Phi) is 4.08. The Morgan fingerprint density at radius 3 is 2.95 bits per heavy atom. The molecule has 1 aromatic heterocycles. The van der Waals surface area contributed by atoms with Crippen LogP contribution in [0.1, 0.15) is 56.0 Å². The van der Waals surface area contributed by atoms with Crippen LogP contribution in [-0.2, 0) is 13.0 Å². The summed E-state index contributed by atoms with van der Waals surface area (Å²) in [7, 11) is 0. The Labute approximate surface area is 119 Å². The summed E-state index contributed by atoms with van der Waals surface area (Å²) in [5.74, 6) is 0.893. The lowest BCUT2D eigenvalue weighted by molar-refractivity contribution is 0.284. The van der Waals surface area contributed by atoms with Gasteiger partial charge in [0.2, 0.25) is 0 Å². The summed E-state index contributed by atoms with van der Waals surface area (Å²) in [6, 6.07) is 0.723. The number of aliphatic hydroxyl groups excluding tert-OH is 1. The second-order valence-corrected chi connectivity index (χ2v) is 6.93. The molecule has 1 aromatic rings. The van der Waals surface area contributed by atoms with E-state index in [0.29, 0.717) is 0 Å². The van der Waals surface area contributed by atoms with Crippen molar-refractivity contribution >= 4 is 16.5 Å². The van der Waals surface area contributed by atoms with Gasteiger partial charge in [-0.15, -0.1) is 0 Å². The molecule has 19 heavy (non-hydrogen) atoms. The van der Waals surface area contributed by atoms with Crippen LogP contribution in [-0.4, -0.2) is 22.7 Å². The number of aromatic nitrogens is 1. The van der Waals surface area contributed by atoms with Gasteiger partial charge in [0.15, 0.2) is 5.13 Å². The highest BCUT2D eigenvalue weighted by atomic mass is 32.1. The second-order valence-electron chi connectivity index (χ2n) is 5.87. The van der Waals surface area contributed by atoms with Crippen molar-refractivity contribution in [2.24, 2.45) is 5.92 Å². The van der Waals surface area contributed by atoms with Crippen LogP contribution in [0.4, 0.5) is 5.13 Å². The van der Waals surface area contributed by atoms with Gasteiger partial charge < -0.3 is 10.0 Å². The van der Waals surface area contributed by atoms with Gasteiger partial charge in [-0.05, 0) is 38.0 Å². The fraction of sp³-hybridized carbons (Fsp3) is 0.800. The predicted molar refractivity (Wildman–Crippen MR) is 79.7 cm³/mol. The van der Waals surface area contributed by atoms with Crippen LogP contribution < -0.4 is 4.90 Å². The molecule has 2 unspecified atom stereocenters. The summed E-state index contributed by atoms with van der Waals surface area (Å²) in [5, 5.41) is 10.7. The van der Waals surface area contributed by atoms with E-state index in [4.69, 9.17) is 4.98 Å². The first-order chi connectivity index (χ1) is 9.33. The van der Waals surface area contributed by atoms with Crippen LogP contribution in [0.15, 0.2) is 0 Å². The quantitative estimate of drug-likeness (QED) is 0.919. The van der Waals surface area contributed by atoms with E-state index in [1.165, 1.54) is 37.2 Å². The smallest absolute Gasteiger partial charge is 0.186 e. The molecule has 1 saturated carbocycles. The number of nitrogens with zero attached hydrogens (tertiary/aromatic N) is 2. The molecule has 1 saturated heterocycles. The summed E-state index contributed by atoms with van der Waals surface area (Å²) in [6.45, 7) is 3.48.